The number of non-ortho nitro benzene ring substituents is 1. The number of ketones is 1. The molecule has 3 aromatic carbocycles. The minimum atomic E-state index is -2.44. The highest BCUT2D eigenvalue weighted by molar-refractivity contribution is 5.96. The van der Waals surface area contributed by atoms with Crippen LogP contribution in [0.4, 0.5) is 5.69 Å². The fourth-order valence-corrected chi connectivity index (χ4v) is 10.3. The third-order valence-electron chi connectivity index (χ3n) is 13.8. The zero-order valence-electron chi connectivity index (χ0n) is 36.4. The molecule has 18 nitrogen and oxygen atoms in total. The number of aliphatic hydroxyl groups is 3. The van der Waals surface area contributed by atoms with E-state index >= 15 is 4.79 Å². The number of carbonyl (C=O) groups excluding carboxylic acids is 6. The molecule has 344 valence electrons. The van der Waals surface area contributed by atoms with Crippen LogP contribution < -0.4 is 5.32 Å². The summed E-state index contributed by atoms with van der Waals surface area (Å²) >= 11 is 0. The van der Waals surface area contributed by atoms with Crippen LogP contribution in [-0.2, 0) is 42.9 Å². The van der Waals surface area contributed by atoms with Crippen molar-refractivity contribution in [1.29, 1.82) is 0 Å². The molecule has 3 aromatic rings. The molecule has 3 aliphatic carbocycles. The monoisotopic (exact) mass is 898 g/mol. The van der Waals surface area contributed by atoms with Gasteiger partial charge in [-0.1, -0.05) is 62.4 Å². The third kappa shape index (κ3) is 7.87. The third-order valence-corrected chi connectivity index (χ3v) is 13.8. The first kappa shape index (κ1) is 46.6. The van der Waals surface area contributed by atoms with E-state index in [0.29, 0.717) is 0 Å². The van der Waals surface area contributed by atoms with Gasteiger partial charge in [0.05, 0.1) is 40.6 Å². The predicted octanol–water partition coefficient (Wildman–Crippen LogP) is 3.64. The Balaban J connectivity index is 1.36. The maximum Gasteiger partial charge on any atom is 0.338 e. The number of aliphatic hydroxyl groups excluding tert-OH is 2. The quantitative estimate of drug-likeness (QED) is 0.0704. The van der Waals surface area contributed by atoms with E-state index in [9.17, 15) is 49.4 Å². The van der Waals surface area contributed by atoms with E-state index < -0.39 is 118 Å². The van der Waals surface area contributed by atoms with Crippen molar-refractivity contribution in [3.63, 3.8) is 0 Å². The molecular formula is C47H50N2O16. The van der Waals surface area contributed by atoms with Gasteiger partial charge in [0.2, 0.25) is 0 Å². The molecule has 4 N–H and O–H groups in total. The number of amides is 1. The van der Waals surface area contributed by atoms with Gasteiger partial charge in [0.25, 0.3) is 11.6 Å². The van der Waals surface area contributed by atoms with Gasteiger partial charge in [-0.05, 0) is 54.8 Å². The van der Waals surface area contributed by atoms with Gasteiger partial charge in [-0.15, -0.1) is 0 Å². The number of nitrogens with zero attached hydrogens (tertiary/aromatic N) is 1. The van der Waals surface area contributed by atoms with E-state index in [-0.39, 0.29) is 46.6 Å². The number of ether oxygens (including phenoxy) is 5. The summed E-state index contributed by atoms with van der Waals surface area (Å²) in [6.45, 7) is 7.76. The van der Waals surface area contributed by atoms with Crippen molar-refractivity contribution < 1.29 is 72.7 Å². The van der Waals surface area contributed by atoms with Gasteiger partial charge in [-0.2, -0.15) is 0 Å². The number of benzene rings is 3. The SMILES string of the molecule is CC(=O)O[C@H]1C(=O)[C@@]2(C)[C@H]([C@H](OC(=O)c3ccccc3)[C@]3(O)C[C@H](OC(=O)[C@H](O)[C@@H](NC(=O)c4ccc([N+](=O)[O-])cc4)c4ccccc4)C(C)=C1C3(C)C)[C@]1(OC(C)=O)CO[C@@H]1C[C@@H]2O. The van der Waals surface area contributed by atoms with Crippen LogP contribution in [-0.4, -0.2) is 110 Å². The van der Waals surface area contributed by atoms with Crippen molar-refractivity contribution in [3.8, 4) is 0 Å². The molecule has 0 spiro atoms. The lowest BCUT2D eigenvalue weighted by Gasteiger charge is -2.67. The molecule has 7 rings (SSSR count). The molecule has 1 heterocycles. The van der Waals surface area contributed by atoms with Gasteiger partial charge < -0.3 is 44.3 Å². The number of esters is 4. The van der Waals surface area contributed by atoms with Crippen LogP contribution in [0.5, 0.6) is 0 Å². The van der Waals surface area contributed by atoms with Crippen molar-refractivity contribution >= 4 is 41.3 Å². The highest BCUT2D eigenvalue weighted by atomic mass is 16.6. The van der Waals surface area contributed by atoms with Gasteiger partial charge in [0.15, 0.2) is 23.6 Å². The average Bonchev–Trinajstić information content (AvgIpc) is 3.26. The van der Waals surface area contributed by atoms with Crippen LogP contribution >= 0.6 is 0 Å². The van der Waals surface area contributed by atoms with E-state index in [1.165, 1.54) is 64.1 Å². The van der Waals surface area contributed by atoms with Gasteiger partial charge in [0, 0.05) is 49.8 Å². The molecule has 11 atom stereocenters. The summed E-state index contributed by atoms with van der Waals surface area (Å²) in [5, 5.41) is 51.4. The molecule has 1 amide bonds. The Kier molecular flexibility index (Phi) is 12.4. The average molecular weight is 899 g/mol. The lowest BCUT2D eigenvalue weighted by molar-refractivity contribution is -0.384. The van der Waals surface area contributed by atoms with Crippen LogP contribution in [0.3, 0.4) is 0 Å². The summed E-state index contributed by atoms with van der Waals surface area (Å²) in [6, 6.07) is 18.8. The molecule has 0 radical (unpaired) electrons. The zero-order chi connectivity index (χ0) is 47.4. The predicted molar refractivity (Wildman–Crippen MR) is 224 cm³/mol. The number of nitro groups is 1. The minimum Gasteiger partial charge on any atom is -0.456 e. The Morgan fingerprint density at radius 1 is 0.877 bits per heavy atom. The van der Waals surface area contributed by atoms with E-state index in [4.69, 9.17) is 23.7 Å². The van der Waals surface area contributed by atoms with Crippen molar-refractivity contribution in [3.05, 3.63) is 123 Å². The van der Waals surface area contributed by atoms with Crippen LogP contribution in [0.2, 0.25) is 0 Å². The van der Waals surface area contributed by atoms with Crippen molar-refractivity contribution in [2.45, 2.75) is 108 Å². The second-order valence-electron chi connectivity index (χ2n) is 17.8. The molecule has 0 aromatic heterocycles. The Bertz CT molecular complexity index is 2440. The summed E-state index contributed by atoms with van der Waals surface area (Å²) in [4.78, 5) is 94.3. The highest BCUT2D eigenvalue weighted by Crippen LogP contribution is 2.64. The summed E-state index contributed by atoms with van der Waals surface area (Å²) in [5.41, 5.74) is -7.99. The Labute approximate surface area is 373 Å². The fourth-order valence-electron chi connectivity index (χ4n) is 10.3. The second-order valence-corrected chi connectivity index (χ2v) is 17.8. The Hall–Kier alpha value is -6.34. The smallest absolute Gasteiger partial charge is 0.338 e. The van der Waals surface area contributed by atoms with E-state index in [0.717, 1.165) is 26.0 Å². The molecule has 1 saturated heterocycles. The van der Waals surface area contributed by atoms with E-state index in [2.05, 4.69) is 5.32 Å². The number of hydrogen-bond donors (Lipinski definition) is 4. The lowest BCUT2D eigenvalue weighted by Crippen LogP contribution is -2.82. The van der Waals surface area contributed by atoms with Crippen molar-refractivity contribution in [2.24, 2.45) is 16.7 Å². The number of Topliss-reactive ketones (excluding diaryl/α,β-unsaturated/α-hetero) is 1. The maximum absolute atomic E-state index is 15.5. The number of rotatable bonds is 11. The van der Waals surface area contributed by atoms with E-state index in [1.54, 1.807) is 36.4 Å². The van der Waals surface area contributed by atoms with Crippen LogP contribution in [0, 0.1) is 26.9 Å². The Morgan fingerprint density at radius 2 is 1.49 bits per heavy atom. The largest absolute Gasteiger partial charge is 0.456 e. The van der Waals surface area contributed by atoms with Gasteiger partial charge >= 0.3 is 23.9 Å². The van der Waals surface area contributed by atoms with Gasteiger partial charge in [-0.25, -0.2) is 9.59 Å². The molecule has 2 saturated carbocycles. The molecule has 0 unspecified atom stereocenters. The molecule has 3 fully saturated rings. The summed E-state index contributed by atoms with van der Waals surface area (Å²) < 4.78 is 30.2. The molecule has 18 heteroatoms. The number of hydrogen-bond acceptors (Lipinski definition) is 16. The van der Waals surface area contributed by atoms with Gasteiger partial charge in [0.1, 0.15) is 23.9 Å². The highest BCUT2D eigenvalue weighted by Gasteiger charge is 2.78. The van der Waals surface area contributed by atoms with Crippen LogP contribution in [0.1, 0.15) is 86.7 Å². The molecule has 65 heavy (non-hydrogen) atoms. The van der Waals surface area contributed by atoms with Crippen molar-refractivity contribution in [1.82, 2.24) is 5.32 Å². The molecule has 1 aliphatic heterocycles. The molecule has 4 aliphatic rings. The van der Waals surface area contributed by atoms with Crippen molar-refractivity contribution in [2.75, 3.05) is 6.61 Å². The topological polar surface area (TPSA) is 264 Å². The number of nitrogens with one attached hydrogen (secondary N) is 1. The maximum atomic E-state index is 15.5. The number of carbonyl (C=O) groups is 6. The fraction of sp³-hybridized carbons (Fsp3) is 0.447. The first-order valence-corrected chi connectivity index (χ1v) is 21.0. The van der Waals surface area contributed by atoms with Gasteiger partial charge in [-0.3, -0.25) is 29.3 Å². The summed E-state index contributed by atoms with van der Waals surface area (Å²) in [7, 11) is 0. The number of fused-ring (bicyclic) bond motifs is 5. The zero-order valence-corrected chi connectivity index (χ0v) is 36.4. The first-order valence-electron chi connectivity index (χ1n) is 21.0. The summed E-state index contributed by atoms with van der Waals surface area (Å²) in [5.74, 6) is -7.31. The lowest BCUT2D eigenvalue weighted by atomic mass is 9.44. The second kappa shape index (κ2) is 17.2. The van der Waals surface area contributed by atoms with Crippen LogP contribution in [0.15, 0.2) is 96.1 Å². The molecule has 2 bridgehead atoms. The number of nitro benzene ring substituents is 1. The molecular weight excluding hydrogens is 849 g/mol. The minimum absolute atomic E-state index is 0.0303. The summed E-state index contributed by atoms with van der Waals surface area (Å²) in [6.07, 6.45) is -10.9. The normalized spacial score (nSPS) is 30.9. The first-order chi connectivity index (χ1) is 30.6. The Morgan fingerprint density at radius 3 is 2.05 bits per heavy atom. The van der Waals surface area contributed by atoms with E-state index in [1.807, 2.05) is 0 Å². The van der Waals surface area contributed by atoms with Crippen LogP contribution in [0.25, 0.3) is 0 Å². The standard InChI is InChI=1S/C47H50N2O16/c1-24-31(63-43(57)36(53)35(27-13-9-7-10-14-27)48-41(55)28-17-19-30(20-18-28)49(59)60)22-47(58)40(64-42(56)29-15-11-8-12-16-29)38-45(6,32(52)21-33-46(38,23-61-33)65-26(3)51)39(54)37(62-25(2)50)34(24)44(47,4)5/h7-20,31-33,35-38,40,52-53,58H,21-23H2,1-6H3,(H,48,55)/t31-,32-,33+,35-,36+,37+,38-,40-,45+,46-,47+/m0/s1.